The zero-order valence-electron chi connectivity index (χ0n) is 8.84. The lowest BCUT2D eigenvalue weighted by atomic mass is 10.1. The third-order valence-electron chi connectivity index (χ3n) is 2.57. The van der Waals surface area contributed by atoms with Gasteiger partial charge in [-0.25, -0.2) is 4.98 Å². The van der Waals surface area contributed by atoms with E-state index in [2.05, 4.69) is 41.2 Å². The third-order valence-corrected chi connectivity index (χ3v) is 2.57. The lowest BCUT2D eigenvalue weighted by Gasteiger charge is -2.00. The fraction of sp³-hybridized carbons (Fsp3) is 0.0769. The van der Waals surface area contributed by atoms with Gasteiger partial charge in [0.1, 0.15) is 0 Å². The van der Waals surface area contributed by atoms with Crippen molar-refractivity contribution in [2.45, 2.75) is 6.92 Å². The Labute approximate surface area is 92.8 Å². The molecule has 0 aliphatic heterocycles. The summed E-state index contributed by atoms with van der Waals surface area (Å²) >= 11 is 0. The third kappa shape index (κ3) is 1.46. The number of aromatic nitrogens is 2. The van der Waals surface area contributed by atoms with Crippen molar-refractivity contribution in [1.82, 2.24) is 9.97 Å². The van der Waals surface area contributed by atoms with Crippen molar-refractivity contribution in [1.29, 1.82) is 0 Å². The van der Waals surface area contributed by atoms with Gasteiger partial charge < -0.3 is 4.42 Å². The molecule has 0 radical (unpaired) electrons. The molecule has 3 heteroatoms. The lowest BCUT2D eigenvalue weighted by Crippen LogP contribution is -1.81. The van der Waals surface area contributed by atoms with Crippen LogP contribution < -0.4 is 0 Å². The summed E-state index contributed by atoms with van der Waals surface area (Å²) in [6.07, 6.45) is 3.23. The molecule has 0 unspecified atom stereocenters. The van der Waals surface area contributed by atoms with Gasteiger partial charge in [-0.15, -0.1) is 0 Å². The average molecular weight is 210 g/mol. The molecular weight excluding hydrogens is 200 g/mol. The first-order chi connectivity index (χ1) is 7.83. The van der Waals surface area contributed by atoms with Gasteiger partial charge in [-0.3, -0.25) is 0 Å². The Balaban J connectivity index is 2.14. The van der Waals surface area contributed by atoms with Gasteiger partial charge in [-0.05, 0) is 18.6 Å². The van der Waals surface area contributed by atoms with Gasteiger partial charge in [-0.2, -0.15) is 4.98 Å². The van der Waals surface area contributed by atoms with E-state index in [4.69, 9.17) is 4.42 Å². The molecule has 0 saturated carbocycles. The maximum atomic E-state index is 5.23. The van der Waals surface area contributed by atoms with Crippen LogP contribution in [0.2, 0.25) is 0 Å². The van der Waals surface area contributed by atoms with Crippen LogP contribution in [0.1, 0.15) is 5.56 Å². The van der Waals surface area contributed by atoms with Gasteiger partial charge >= 0.3 is 0 Å². The van der Waals surface area contributed by atoms with Crippen LogP contribution in [0.5, 0.6) is 0 Å². The lowest BCUT2D eigenvalue weighted by molar-refractivity contribution is 0.602. The van der Waals surface area contributed by atoms with Gasteiger partial charge in [0.15, 0.2) is 17.6 Å². The molecule has 0 atom stereocenters. The number of benzene rings is 1. The molecule has 0 fully saturated rings. The van der Waals surface area contributed by atoms with E-state index in [1.807, 2.05) is 12.3 Å². The summed E-state index contributed by atoms with van der Waals surface area (Å²) in [6.45, 7) is 2.07. The number of aryl methyl sites for hydroxylation is 1. The highest BCUT2D eigenvalue weighted by atomic mass is 16.3. The highest BCUT2D eigenvalue weighted by Gasteiger charge is 2.03. The normalized spacial score (nSPS) is 10.8. The topological polar surface area (TPSA) is 38.9 Å². The molecule has 78 valence electrons. The van der Waals surface area contributed by atoms with Crippen LogP contribution in [0.4, 0.5) is 0 Å². The predicted molar refractivity (Wildman–Crippen MR) is 62.0 cm³/mol. The van der Waals surface area contributed by atoms with E-state index < -0.39 is 0 Å². The minimum absolute atomic E-state index is 0.649. The minimum Gasteiger partial charge on any atom is -0.442 e. The summed E-state index contributed by atoms with van der Waals surface area (Å²) in [7, 11) is 0. The van der Waals surface area contributed by atoms with Gasteiger partial charge in [0.05, 0.1) is 0 Å². The quantitative estimate of drug-likeness (QED) is 0.619. The summed E-state index contributed by atoms with van der Waals surface area (Å²) in [4.78, 5) is 8.22. The maximum Gasteiger partial charge on any atom is 0.198 e. The molecule has 3 aromatic rings. The van der Waals surface area contributed by atoms with E-state index in [1.165, 1.54) is 12.0 Å². The van der Waals surface area contributed by atoms with Crippen LogP contribution in [-0.2, 0) is 0 Å². The molecule has 3 rings (SSSR count). The van der Waals surface area contributed by atoms with Crippen LogP contribution >= 0.6 is 0 Å². The zero-order chi connectivity index (χ0) is 11.0. The number of hydrogen-bond acceptors (Lipinski definition) is 3. The van der Waals surface area contributed by atoms with Crippen molar-refractivity contribution >= 4 is 11.2 Å². The molecule has 0 amide bonds. The average Bonchev–Trinajstić information content (AvgIpc) is 2.77. The van der Waals surface area contributed by atoms with Crippen molar-refractivity contribution < 1.29 is 4.42 Å². The van der Waals surface area contributed by atoms with Gasteiger partial charge in [-0.1, -0.05) is 29.8 Å². The highest BCUT2D eigenvalue weighted by Crippen LogP contribution is 2.22. The van der Waals surface area contributed by atoms with E-state index in [9.17, 15) is 0 Å². The molecule has 0 N–H and O–H groups in total. The second kappa shape index (κ2) is 3.45. The second-order valence-electron chi connectivity index (χ2n) is 3.76. The van der Waals surface area contributed by atoms with Gasteiger partial charge in [0, 0.05) is 11.8 Å². The number of fused-ring (bicyclic) bond motifs is 1. The maximum absolute atomic E-state index is 5.23. The van der Waals surface area contributed by atoms with Crippen molar-refractivity contribution in [3.8, 4) is 11.1 Å². The number of nitrogens with zero attached hydrogens (tertiary/aromatic N) is 2. The van der Waals surface area contributed by atoms with E-state index in [-0.39, 0.29) is 0 Å². The van der Waals surface area contributed by atoms with Crippen LogP contribution in [0.15, 0.2) is 47.3 Å². The van der Waals surface area contributed by atoms with E-state index >= 15 is 0 Å². The van der Waals surface area contributed by atoms with Crippen molar-refractivity contribution in [3.05, 3.63) is 48.5 Å². The molecule has 0 aliphatic carbocycles. The van der Waals surface area contributed by atoms with Crippen LogP contribution in [0, 0.1) is 6.92 Å². The zero-order valence-corrected chi connectivity index (χ0v) is 8.84. The van der Waals surface area contributed by atoms with E-state index in [0.717, 1.165) is 16.7 Å². The molecule has 2 heterocycles. The van der Waals surface area contributed by atoms with Crippen molar-refractivity contribution in [2.24, 2.45) is 0 Å². The summed E-state index contributed by atoms with van der Waals surface area (Å²) in [5, 5.41) is 0. The molecule has 0 aliphatic rings. The van der Waals surface area contributed by atoms with E-state index in [0.29, 0.717) is 5.65 Å². The number of rotatable bonds is 1. The Morgan fingerprint density at radius 1 is 1.00 bits per heavy atom. The highest BCUT2D eigenvalue weighted by molar-refractivity contribution is 5.75. The molecule has 0 saturated heterocycles. The van der Waals surface area contributed by atoms with Gasteiger partial charge in [0.2, 0.25) is 0 Å². The Kier molecular flexibility index (Phi) is 1.96. The van der Waals surface area contributed by atoms with Crippen LogP contribution in [0.3, 0.4) is 0 Å². The summed E-state index contributed by atoms with van der Waals surface area (Å²) in [5.74, 6) is 0. The first-order valence-corrected chi connectivity index (χ1v) is 5.09. The Morgan fingerprint density at radius 3 is 2.62 bits per heavy atom. The molecule has 16 heavy (non-hydrogen) atoms. The van der Waals surface area contributed by atoms with Crippen LogP contribution in [-0.4, -0.2) is 9.97 Å². The van der Waals surface area contributed by atoms with E-state index in [1.54, 1.807) is 0 Å². The molecular formula is C13H10N2O. The van der Waals surface area contributed by atoms with Crippen molar-refractivity contribution in [3.63, 3.8) is 0 Å². The smallest absolute Gasteiger partial charge is 0.198 e. The summed E-state index contributed by atoms with van der Waals surface area (Å²) < 4.78 is 5.23. The first kappa shape index (κ1) is 9.09. The standard InChI is InChI=1S/C13H10N2O/c1-9-2-4-10(5-3-9)11-6-12-13(14-7-11)15-8-16-12/h2-8H,1H3. The predicted octanol–water partition coefficient (Wildman–Crippen LogP) is 3.20. The SMILES string of the molecule is Cc1ccc(-c2cnc3ncoc3c2)cc1. The summed E-state index contributed by atoms with van der Waals surface area (Å²) in [5.41, 5.74) is 4.80. The Hall–Kier alpha value is -2.16. The number of pyridine rings is 1. The van der Waals surface area contributed by atoms with Crippen molar-refractivity contribution in [2.75, 3.05) is 0 Å². The molecule has 1 aromatic carbocycles. The number of hydrogen-bond donors (Lipinski definition) is 0. The first-order valence-electron chi connectivity index (χ1n) is 5.09. The fourth-order valence-corrected chi connectivity index (χ4v) is 1.66. The monoisotopic (exact) mass is 210 g/mol. The minimum atomic E-state index is 0.649. The number of oxazole rings is 1. The van der Waals surface area contributed by atoms with Crippen LogP contribution in [0.25, 0.3) is 22.4 Å². The van der Waals surface area contributed by atoms with Gasteiger partial charge in [0.25, 0.3) is 0 Å². The largest absolute Gasteiger partial charge is 0.442 e. The molecule has 0 bridgehead atoms. The molecule has 3 nitrogen and oxygen atoms in total. The Bertz CT molecular complexity index is 626. The molecule has 2 aromatic heterocycles. The fourth-order valence-electron chi connectivity index (χ4n) is 1.66. The molecule has 0 spiro atoms. The Morgan fingerprint density at radius 2 is 1.81 bits per heavy atom. The second-order valence-corrected chi connectivity index (χ2v) is 3.76. The summed E-state index contributed by atoms with van der Waals surface area (Å²) in [6, 6.07) is 10.3.